The van der Waals surface area contributed by atoms with E-state index in [1.54, 1.807) is 13.0 Å². The topological polar surface area (TPSA) is 55.1 Å². The van der Waals surface area contributed by atoms with Crippen LogP contribution >= 0.6 is 0 Å². The van der Waals surface area contributed by atoms with E-state index in [0.717, 1.165) is 25.7 Å². The van der Waals surface area contributed by atoms with Gasteiger partial charge in [-0.2, -0.15) is 0 Å². The molecular weight excluding hydrogens is 255 g/mol. The molecule has 0 aromatic heterocycles. The van der Waals surface area contributed by atoms with Gasteiger partial charge in [-0.05, 0) is 50.2 Å². The minimum Gasteiger partial charge on any atom is -0.398 e. The number of hydrogen-bond acceptors (Lipinski definition) is 2. The normalized spacial score (nSPS) is 18.8. The Hall–Kier alpha value is -1.58. The number of halogens is 1. The van der Waals surface area contributed by atoms with Crippen molar-refractivity contribution in [2.24, 2.45) is 5.41 Å². The third kappa shape index (κ3) is 3.30. The summed E-state index contributed by atoms with van der Waals surface area (Å²) < 4.78 is 13.6. The van der Waals surface area contributed by atoms with Crippen LogP contribution in [0.4, 0.5) is 10.1 Å². The molecule has 4 heteroatoms. The number of amides is 1. The van der Waals surface area contributed by atoms with E-state index in [9.17, 15) is 9.18 Å². The van der Waals surface area contributed by atoms with Crippen LogP contribution in [0.2, 0.25) is 0 Å². The summed E-state index contributed by atoms with van der Waals surface area (Å²) in [5, 5.41) is 2.99. The number of carbonyl (C=O) groups excluding carboxylic acids is 1. The molecule has 20 heavy (non-hydrogen) atoms. The SMILES string of the molecule is Cc1c(N)cc(C(=O)NC2CCC(C)(C)CC2)cc1F. The third-order valence-electron chi connectivity index (χ3n) is 4.32. The molecule has 0 heterocycles. The minimum atomic E-state index is -0.431. The highest BCUT2D eigenvalue weighted by Crippen LogP contribution is 2.35. The van der Waals surface area contributed by atoms with Crippen molar-refractivity contribution >= 4 is 11.6 Å². The molecule has 3 nitrogen and oxygen atoms in total. The summed E-state index contributed by atoms with van der Waals surface area (Å²) in [5.74, 6) is -0.666. The first-order chi connectivity index (χ1) is 9.28. The third-order valence-corrected chi connectivity index (χ3v) is 4.32. The Balaban J connectivity index is 2.02. The molecule has 2 rings (SSSR count). The van der Waals surface area contributed by atoms with Crippen molar-refractivity contribution < 1.29 is 9.18 Å². The maximum Gasteiger partial charge on any atom is 0.251 e. The van der Waals surface area contributed by atoms with Crippen LogP contribution in [0, 0.1) is 18.2 Å². The predicted molar refractivity (Wildman–Crippen MR) is 79.1 cm³/mol. The summed E-state index contributed by atoms with van der Waals surface area (Å²) in [7, 11) is 0. The molecule has 1 fully saturated rings. The Morgan fingerprint density at radius 3 is 2.50 bits per heavy atom. The molecule has 0 aliphatic heterocycles. The van der Waals surface area contributed by atoms with E-state index in [1.807, 2.05) is 0 Å². The zero-order valence-corrected chi connectivity index (χ0v) is 12.4. The van der Waals surface area contributed by atoms with Crippen LogP contribution in [-0.2, 0) is 0 Å². The second-order valence-corrected chi connectivity index (χ2v) is 6.58. The number of carbonyl (C=O) groups is 1. The fraction of sp³-hybridized carbons (Fsp3) is 0.562. The zero-order valence-electron chi connectivity index (χ0n) is 12.4. The lowest BCUT2D eigenvalue weighted by molar-refractivity contribution is 0.0908. The quantitative estimate of drug-likeness (QED) is 0.814. The summed E-state index contributed by atoms with van der Waals surface area (Å²) in [6.45, 7) is 6.11. The van der Waals surface area contributed by atoms with Gasteiger partial charge in [-0.1, -0.05) is 13.8 Å². The van der Waals surface area contributed by atoms with Crippen LogP contribution in [0.25, 0.3) is 0 Å². The van der Waals surface area contributed by atoms with Gasteiger partial charge < -0.3 is 11.1 Å². The standard InChI is InChI=1S/C16H23FN2O/c1-10-13(17)8-11(9-14(10)18)15(20)19-12-4-6-16(2,3)7-5-12/h8-9,12H,4-7,18H2,1-3H3,(H,19,20). The van der Waals surface area contributed by atoms with Crippen molar-refractivity contribution in [3.8, 4) is 0 Å². The van der Waals surface area contributed by atoms with Crippen molar-refractivity contribution in [1.82, 2.24) is 5.32 Å². The van der Waals surface area contributed by atoms with E-state index < -0.39 is 5.82 Å². The molecule has 1 aromatic carbocycles. The fourth-order valence-corrected chi connectivity index (χ4v) is 2.64. The van der Waals surface area contributed by atoms with Crippen molar-refractivity contribution in [3.05, 3.63) is 29.1 Å². The van der Waals surface area contributed by atoms with Gasteiger partial charge in [0.25, 0.3) is 5.91 Å². The van der Waals surface area contributed by atoms with E-state index in [-0.39, 0.29) is 11.9 Å². The van der Waals surface area contributed by atoms with Gasteiger partial charge in [0.2, 0.25) is 0 Å². The zero-order chi connectivity index (χ0) is 14.9. The van der Waals surface area contributed by atoms with Crippen LogP contribution in [-0.4, -0.2) is 11.9 Å². The molecular formula is C16H23FN2O. The van der Waals surface area contributed by atoms with Crippen LogP contribution < -0.4 is 11.1 Å². The highest BCUT2D eigenvalue weighted by atomic mass is 19.1. The molecule has 0 saturated heterocycles. The number of rotatable bonds is 2. The summed E-state index contributed by atoms with van der Waals surface area (Å²) >= 11 is 0. The first-order valence-corrected chi connectivity index (χ1v) is 7.15. The van der Waals surface area contributed by atoms with Gasteiger partial charge in [0, 0.05) is 22.9 Å². The van der Waals surface area contributed by atoms with Gasteiger partial charge in [0.05, 0.1) is 0 Å². The minimum absolute atomic E-state index is 0.182. The molecule has 0 atom stereocenters. The second-order valence-electron chi connectivity index (χ2n) is 6.58. The Morgan fingerprint density at radius 2 is 1.95 bits per heavy atom. The van der Waals surface area contributed by atoms with E-state index in [4.69, 9.17) is 5.73 Å². The first-order valence-electron chi connectivity index (χ1n) is 7.15. The Labute approximate surface area is 119 Å². The van der Waals surface area contributed by atoms with Gasteiger partial charge in [-0.25, -0.2) is 4.39 Å². The van der Waals surface area contributed by atoms with Crippen molar-refractivity contribution in [2.45, 2.75) is 52.5 Å². The lowest BCUT2D eigenvalue weighted by Gasteiger charge is -2.34. The smallest absolute Gasteiger partial charge is 0.251 e. The largest absolute Gasteiger partial charge is 0.398 e. The molecule has 0 radical (unpaired) electrons. The average molecular weight is 278 g/mol. The number of nitrogens with two attached hydrogens (primary N) is 1. The van der Waals surface area contributed by atoms with E-state index in [0.29, 0.717) is 22.2 Å². The monoisotopic (exact) mass is 278 g/mol. The maximum absolute atomic E-state index is 13.6. The number of nitrogen functional groups attached to an aromatic ring is 1. The summed E-state index contributed by atoms with van der Waals surface area (Å²) in [6, 6.07) is 2.98. The van der Waals surface area contributed by atoms with Crippen LogP contribution in [0.5, 0.6) is 0 Å². The molecule has 0 unspecified atom stereocenters. The number of benzene rings is 1. The predicted octanol–water partition coefficient (Wildman–Crippen LogP) is 3.41. The van der Waals surface area contributed by atoms with Gasteiger partial charge in [-0.3, -0.25) is 4.79 Å². The molecule has 1 amide bonds. The van der Waals surface area contributed by atoms with E-state index >= 15 is 0 Å². The Kier molecular flexibility index (Phi) is 4.02. The first kappa shape index (κ1) is 14.8. The maximum atomic E-state index is 13.6. The van der Waals surface area contributed by atoms with Crippen LogP contribution in [0.15, 0.2) is 12.1 Å². The number of hydrogen-bond donors (Lipinski definition) is 2. The van der Waals surface area contributed by atoms with Crippen molar-refractivity contribution in [1.29, 1.82) is 0 Å². The van der Waals surface area contributed by atoms with Crippen LogP contribution in [0.1, 0.15) is 55.5 Å². The molecule has 0 spiro atoms. The van der Waals surface area contributed by atoms with Gasteiger partial charge in [-0.15, -0.1) is 0 Å². The lowest BCUT2D eigenvalue weighted by atomic mass is 9.75. The Bertz CT molecular complexity index is 492. The highest BCUT2D eigenvalue weighted by molar-refractivity contribution is 5.95. The van der Waals surface area contributed by atoms with Crippen molar-refractivity contribution in [2.75, 3.05) is 5.73 Å². The number of anilines is 1. The molecule has 1 aromatic rings. The fourth-order valence-electron chi connectivity index (χ4n) is 2.64. The molecule has 0 bridgehead atoms. The molecule has 3 N–H and O–H groups in total. The van der Waals surface area contributed by atoms with Crippen molar-refractivity contribution in [3.63, 3.8) is 0 Å². The number of nitrogens with one attached hydrogen (secondary N) is 1. The Morgan fingerprint density at radius 1 is 1.35 bits per heavy atom. The molecule has 1 aliphatic rings. The molecule has 1 saturated carbocycles. The van der Waals surface area contributed by atoms with Gasteiger partial charge >= 0.3 is 0 Å². The highest BCUT2D eigenvalue weighted by Gasteiger charge is 2.27. The summed E-state index contributed by atoms with van der Waals surface area (Å²) in [4.78, 5) is 12.2. The molecule has 110 valence electrons. The molecule has 1 aliphatic carbocycles. The average Bonchev–Trinajstić information content (AvgIpc) is 2.37. The van der Waals surface area contributed by atoms with Crippen LogP contribution in [0.3, 0.4) is 0 Å². The summed E-state index contributed by atoms with van der Waals surface area (Å²) in [6.07, 6.45) is 4.15. The summed E-state index contributed by atoms with van der Waals surface area (Å²) in [5.41, 5.74) is 7.08. The van der Waals surface area contributed by atoms with E-state index in [1.165, 1.54) is 6.07 Å². The lowest BCUT2D eigenvalue weighted by Crippen LogP contribution is -2.39. The van der Waals surface area contributed by atoms with Gasteiger partial charge in [0.15, 0.2) is 0 Å². The van der Waals surface area contributed by atoms with Gasteiger partial charge in [0.1, 0.15) is 5.82 Å². The second kappa shape index (κ2) is 5.43. The van der Waals surface area contributed by atoms with E-state index in [2.05, 4.69) is 19.2 Å².